The molecule has 2 heterocycles. The molecule has 3 rings (SSSR count). The van der Waals surface area contributed by atoms with E-state index in [-0.39, 0.29) is 24.2 Å². The lowest BCUT2D eigenvalue weighted by atomic mass is 10.1. The molecule has 1 aromatic carbocycles. The summed E-state index contributed by atoms with van der Waals surface area (Å²) < 4.78 is 6.01. The topological polar surface area (TPSA) is 75.4 Å². The van der Waals surface area contributed by atoms with Gasteiger partial charge in [0.2, 0.25) is 11.8 Å². The number of hydrogen-bond donors (Lipinski definition) is 1. The maximum atomic E-state index is 12.3. The van der Waals surface area contributed by atoms with Crippen molar-refractivity contribution in [3.63, 3.8) is 0 Å². The Kier molecular flexibility index (Phi) is 4.99. The van der Waals surface area contributed by atoms with Crippen molar-refractivity contribution in [1.29, 1.82) is 0 Å². The van der Waals surface area contributed by atoms with Gasteiger partial charge in [-0.3, -0.25) is 9.59 Å². The minimum Gasteiger partial charge on any atom is -0.361 e. The van der Waals surface area contributed by atoms with Gasteiger partial charge in [0.15, 0.2) is 0 Å². The van der Waals surface area contributed by atoms with Crippen molar-refractivity contribution in [2.45, 2.75) is 19.8 Å². The largest absolute Gasteiger partial charge is 0.361 e. The van der Waals surface area contributed by atoms with Crippen molar-refractivity contribution in [2.24, 2.45) is 5.92 Å². The second-order valence-electron chi connectivity index (χ2n) is 5.86. The number of carbonyl (C=O) groups is 2. The highest BCUT2D eigenvalue weighted by molar-refractivity contribution is 9.10. The van der Waals surface area contributed by atoms with Crippen LogP contribution in [0.2, 0.25) is 0 Å². The van der Waals surface area contributed by atoms with E-state index in [1.54, 1.807) is 4.90 Å². The van der Waals surface area contributed by atoms with Crippen LogP contribution in [0.1, 0.15) is 17.9 Å². The number of anilines is 1. The van der Waals surface area contributed by atoms with E-state index in [0.29, 0.717) is 19.5 Å². The Morgan fingerprint density at radius 3 is 3.00 bits per heavy atom. The quantitative estimate of drug-likeness (QED) is 0.848. The van der Waals surface area contributed by atoms with Crippen LogP contribution < -0.4 is 10.2 Å². The van der Waals surface area contributed by atoms with E-state index in [9.17, 15) is 9.59 Å². The van der Waals surface area contributed by atoms with E-state index in [0.717, 1.165) is 21.6 Å². The van der Waals surface area contributed by atoms with Gasteiger partial charge < -0.3 is 14.7 Å². The summed E-state index contributed by atoms with van der Waals surface area (Å²) in [4.78, 5) is 26.2. The first kappa shape index (κ1) is 16.7. The van der Waals surface area contributed by atoms with E-state index < -0.39 is 0 Å². The Bertz CT molecular complexity index is 759. The fourth-order valence-corrected chi connectivity index (χ4v) is 3.15. The summed E-state index contributed by atoms with van der Waals surface area (Å²) in [6.07, 6.45) is 0.822. The molecule has 1 atom stereocenters. The van der Waals surface area contributed by atoms with Gasteiger partial charge in [-0.1, -0.05) is 27.2 Å². The fourth-order valence-electron chi connectivity index (χ4n) is 2.76. The average Bonchev–Trinajstić information content (AvgIpc) is 3.13. The normalized spacial score (nSPS) is 17.3. The molecule has 1 saturated heterocycles. The highest BCUT2D eigenvalue weighted by atomic mass is 79.9. The third kappa shape index (κ3) is 3.84. The number of carbonyl (C=O) groups excluding carboxylic acids is 2. The highest BCUT2D eigenvalue weighted by Gasteiger charge is 2.35. The van der Waals surface area contributed by atoms with Crippen LogP contribution >= 0.6 is 15.9 Å². The molecule has 1 fully saturated rings. The monoisotopic (exact) mass is 391 g/mol. The number of rotatable bonds is 5. The first-order valence-electron chi connectivity index (χ1n) is 7.79. The standard InChI is InChI=1S/C17H18BrN3O3/c1-11-7-15(24-20-11)5-6-19-17(23)12-8-16(22)21(10-12)14-4-2-3-13(18)9-14/h2-4,7,9,12H,5-6,8,10H2,1H3,(H,19,23). The van der Waals surface area contributed by atoms with E-state index in [1.807, 2.05) is 37.3 Å². The molecule has 2 aromatic rings. The number of halogens is 1. The van der Waals surface area contributed by atoms with Crippen LogP contribution in [0.25, 0.3) is 0 Å². The molecular weight excluding hydrogens is 374 g/mol. The number of aromatic nitrogens is 1. The highest BCUT2D eigenvalue weighted by Crippen LogP contribution is 2.27. The maximum Gasteiger partial charge on any atom is 0.227 e. The molecule has 1 aliphatic rings. The van der Waals surface area contributed by atoms with Crippen molar-refractivity contribution in [3.8, 4) is 0 Å². The molecule has 7 heteroatoms. The zero-order chi connectivity index (χ0) is 17.1. The summed E-state index contributed by atoms with van der Waals surface area (Å²) in [5, 5.41) is 6.68. The predicted molar refractivity (Wildman–Crippen MR) is 92.6 cm³/mol. The van der Waals surface area contributed by atoms with Crippen molar-refractivity contribution >= 4 is 33.4 Å². The molecule has 126 valence electrons. The first-order valence-corrected chi connectivity index (χ1v) is 8.58. The minimum absolute atomic E-state index is 0.0286. The van der Waals surface area contributed by atoms with Crippen LogP contribution in [-0.2, 0) is 16.0 Å². The molecule has 24 heavy (non-hydrogen) atoms. The summed E-state index contributed by atoms with van der Waals surface area (Å²) in [5.74, 6) is 0.287. The molecule has 1 N–H and O–H groups in total. The molecule has 0 radical (unpaired) electrons. The Morgan fingerprint density at radius 2 is 2.29 bits per heavy atom. The van der Waals surface area contributed by atoms with Crippen LogP contribution in [0.5, 0.6) is 0 Å². The van der Waals surface area contributed by atoms with Gasteiger partial charge in [-0.15, -0.1) is 0 Å². The van der Waals surface area contributed by atoms with Gasteiger partial charge in [0.25, 0.3) is 0 Å². The van der Waals surface area contributed by atoms with E-state index in [4.69, 9.17) is 4.52 Å². The molecule has 2 amide bonds. The molecule has 0 spiro atoms. The number of nitrogens with one attached hydrogen (secondary N) is 1. The summed E-state index contributed by atoms with van der Waals surface area (Å²) in [6.45, 7) is 2.73. The number of nitrogens with zero attached hydrogens (tertiary/aromatic N) is 2. The van der Waals surface area contributed by atoms with Gasteiger partial charge in [0, 0.05) is 42.2 Å². The lowest BCUT2D eigenvalue weighted by molar-refractivity contribution is -0.126. The molecule has 1 aliphatic heterocycles. The number of benzene rings is 1. The maximum absolute atomic E-state index is 12.3. The third-order valence-corrected chi connectivity index (χ3v) is 4.46. The van der Waals surface area contributed by atoms with Crippen LogP contribution in [-0.4, -0.2) is 30.1 Å². The van der Waals surface area contributed by atoms with E-state index >= 15 is 0 Å². The zero-order valence-electron chi connectivity index (χ0n) is 13.3. The molecule has 1 aromatic heterocycles. The van der Waals surface area contributed by atoms with Crippen molar-refractivity contribution in [2.75, 3.05) is 18.0 Å². The lowest BCUT2D eigenvalue weighted by Crippen LogP contribution is -2.34. The summed E-state index contributed by atoms with van der Waals surface area (Å²) in [7, 11) is 0. The molecule has 0 aliphatic carbocycles. The second kappa shape index (κ2) is 7.17. The molecule has 6 nitrogen and oxygen atoms in total. The van der Waals surface area contributed by atoms with Gasteiger partial charge >= 0.3 is 0 Å². The average molecular weight is 392 g/mol. The Morgan fingerprint density at radius 1 is 1.46 bits per heavy atom. The molecule has 0 bridgehead atoms. The van der Waals surface area contributed by atoms with Gasteiger partial charge in [-0.25, -0.2) is 0 Å². The smallest absolute Gasteiger partial charge is 0.227 e. The van der Waals surface area contributed by atoms with Gasteiger partial charge in [-0.2, -0.15) is 0 Å². The third-order valence-electron chi connectivity index (χ3n) is 3.96. The molecule has 0 saturated carbocycles. The van der Waals surface area contributed by atoms with Crippen LogP contribution in [0.4, 0.5) is 5.69 Å². The van der Waals surface area contributed by atoms with Gasteiger partial charge in [0.1, 0.15) is 5.76 Å². The van der Waals surface area contributed by atoms with Gasteiger partial charge in [-0.05, 0) is 25.1 Å². The number of aryl methyl sites for hydroxylation is 1. The lowest BCUT2D eigenvalue weighted by Gasteiger charge is -2.17. The summed E-state index contributed by atoms with van der Waals surface area (Å²) in [5.41, 5.74) is 1.63. The summed E-state index contributed by atoms with van der Waals surface area (Å²) >= 11 is 3.40. The number of hydrogen-bond acceptors (Lipinski definition) is 4. The minimum atomic E-state index is -0.326. The first-order chi connectivity index (χ1) is 11.5. The number of amides is 2. The zero-order valence-corrected chi connectivity index (χ0v) is 14.9. The van der Waals surface area contributed by atoms with Crippen molar-refractivity contribution in [1.82, 2.24) is 10.5 Å². The Balaban J connectivity index is 1.54. The van der Waals surface area contributed by atoms with E-state index in [1.165, 1.54) is 0 Å². The van der Waals surface area contributed by atoms with Crippen LogP contribution in [0.3, 0.4) is 0 Å². The SMILES string of the molecule is Cc1cc(CCNC(=O)C2CC(=O)N(c3cccc(Br)c3)C2)on1. The summed E-state index contributed by atoms with van der Waals surface area (Å²) in [6, 6.07) is 9.37. The molecular formula is C17H18BrN3O3. The van der Waals surface area contributed by atoms with Crippen molar-refractivity contribution in [3.05, 3.63) is 46.3 Å². The predicted octanol–water partition coefficient (Wildman–Crippen LogP) is 2.46. The van der Waals surface area contributed by atoms with Gasteiger partial charge in [0.05, 0.1) is 11.6 Å². The van der Waals surface area contributed by atoms with Crippen molar-refractivity contribution < 1.29 is 14.1 Å². The fraction of sp³-hybridized carbons (Fsp3) is 0.353. The van der Waals surface area contributed by atoms with E-state index in [2.05, 4.69) is 26.4 Å². The Labute approximate surface area is 148 Å². The second-order valence-corrected chi connectivity index (χ2v) is 6.78. The molecule has 1 unspecified atom stereocenters. The van der Waals surface area contributed by atoms with Crippen LogP contribution in [0, 0.1) is 12.8 Å². The van der Waals surface area contributed by atoms with Crippen LogP contribution in [0.15, 0.2) is 39.3 Å². The Hall–Kier alpha value is -2.15.